The van der Waals surface area contributed by atoms with Crippen molar-refractivity contribution < 1.29 is 23.5 Å². The van der Waals surface area contributed by atoms with Crippen LogP contribution in [0.1, 0.15) is 40.0 Å². The van der Waals surface area contributed by atoms with Crippen LogP contribution >= 0.6 is 0 Å². The molecule has 6 heteroatoms. The lowest BCUT2D eigenvalue weighted by atomic mass is 9.80. The Kier molecular flexibility index (Phi) is 3.74. The molecule has 0 radical (unpaired) electrons. The lowest BCUT2D eigenvalue weighted by Gasteiger charge is -2.42. The van der Waals surface area contributed by atoms with Crippen molar-refractivity contribution in [1.82, 2.24) is 0 Å². The predicted molar refractivity (Wildman–Crippen MR) is 78.4 cm³/mol. The van der Waals surface area contributed by atoms with E-state index >= 15 is 0 Å². The molecule has 0 aromatic heterocycles. The summed E-state index contributed by atoms with van der Waals surface area (Å²) in [7, 11) is -1.86. The Morgan fingerprint density at radius 1 is 1.24 bits per heavy atom. The third-order valence-electron chi connectivity index (χ3n) is 5.57. The molecular formula is C15H24O5Si. The van der Waals surface area contributed by atoms with Crippen LogP contribution in [-0.4, -0.2) is 44.0 Å². The number of fused-ring (bicyclic) bond motifs is 2. The first-order chi connectivity index (χ1) is 10.00. The number of Topliss-reactive ketones (excluding diaryl/α,β-unsaturated/α-hetero) is 1. The van der Waals surface area contributed by atoms with Crippen LogP contribution in [-0.2, 0) is 23.5 Å². The maximum atomic E-state index is 12.1. The first kappa shape index (κ1) is 15.2. The van der Waals surface area contributed by atoms with E-state index in [0.29, 0.717) is 19.3 Å². The van der Waals surface area contributed by atoms with Crippen LogP contribution in [0.15, 0.2) is 0 Å². The minimum absolute atomic E-state index is 0.102. The Labute approximate surface area is 126 Å². The molecule has 0 bridgehead atoms. The molecule has 1 aliphatic carbocycles. The van der Waals surface area contributed by atoms with Crippen molar-refractivity contribution in [3.05, 3.63) is 0 Å². The second-order valence-corrected chi connectivity index (χ2v) is 11.1. The number of epoxide rings is 1. The Morgan fingerprint density at radius 3 is 2.43 bits per heavy atom. The fourth-order valence-corrected chi connectivity index (χ4v) is 6.75. The number of esters is 1. The molecule has 3 rings (SSSR count). The van der Waals surface area contributed by atoms with Gasteiger partial charge in [0.25, 0.3) is 0 Å². The third-order valence-corrected chi connectivity index (χ3v) is 10.2. The van der Waals surface area contributed by atoms with E-state index in [4.69, 9.17) is 13.9 Å². The van der Waals surface area contributed by atoms with Crippen molar-refractivity contribution in [3.63, 3.8) is 0 Å². The maximum absolute atomic E-state index is 12.1. The van der Waals surface area contributed by atoms with E-state index in [-0.39, 0.29) is 30.1 Å². The van der Waals surface area contributed by atoms with Gasteiger partial charge in [0.2, 0.25) is 0 Å². The summed E-state index contributed by atoms with van der Waals surface area (Å²) in [5.74, 6) is -0.0891. The zero-order chi connectivity index (χ0) is 15.3. The van der Waals surface area contributed by atoms with Crippen LogP contribution < -0.4 is 0 Å². The summed E-state index contributed by atoms with van der Waals surface area (Å²) in [4.78, 5) is 23.8. The Hall–Kier alpha value is -0.723. The van der Waals surface area contributed by atoms with Gasteiger partial charge >= 0.3 is 5.97 Å². The van der Waals surface area contributed by atoms with Gasteiger partial charge in [0, 0.05) is 19.3 Å². The van der Waals surface area contributed by atoms with Gasteiger partial charge in [-0.25, -0.2) is 0 Å². The summed E-state index contributed by atoms with van der Waals surface area (Å²) >= 11 is 0. The van der Waals surface area contributed by atoms with Crippen LogP contribution in [0.5, 0.6) is 0 Å². The molecule has 118 valence electrons. The zero-order valence-electron chi connectivity index (χ0n) is 13.0. The van der Waals surface area contributed by atoms with E-state index in [0.717, 1.165) is 18.1 Å². The molecule has 0 amide bonds. The van der Waals surface area contributed by atoms with Gasteiger partial charge < -0.3 is 13.9 Å². The normalized spacial score (nSPS) is 38.5. The van der Waals surface area contributed by atoms with Gasteiger partial charge in [0.05, 0.1) is 6.10 Å². The van der Waals surface area contributed by atoms with Gasteiger partial charge in [-0.2, -0.15) is 0 Å². The van der Waals surface area contributed by atoms with Crippen molar-refractivity contribution in [2.75, 3.05) is 0 Å². The highest BCUT2D eigenvalue weighted by Crippen LogP contribution is 2.51. The molecular weight excluding hydrogens is 288 g/mol. The summed E-state index contributed by atoms with van der Waals surface area (Å²) in [6, 6.07) is 3.05. The SMILES string of the molecule is CC[Si](CC)(CC)O[C@@H]1CC(=O)[C@H]2O[C@H]2[C@]12CCC(=O)O2. The lowest BCUT2D eigenvalue weighted by molar-refractivity contribution is -0.163. The van der Waals surface area contributed by atoms with Crippen molar-refractivity contribution in [1.29, 1.82) is 0 Å². The molecule has 2 heterocycles. The number of rotatable bonds is 5. The quantitative estimate of drug-likeness (QED) is 0.442. The molecule has 2 saturated heterocycles. The van der Waals surface area contributed by atoms with Gasteiger partial charge in [-0.05, 0) is 18.1 Å². The van der Waals surface area contributed by atoms with Crippen molar-refractivity contribution >= 4 is 20.1 Å². The standard InChI is InChI=1S/C15H24O5Si/c1-4-21(5-2,6-3)20-11-9-10(16)13-14(18-13)15(11)8-7-12(17)19-15/h11,13-14H,4-9H2,1-3H3/t11-,13-,14-,15+/m1/s1. The van der Waals surface area contributed by atoms with Crippen LogP contribution in [0, 0.1) is 0 Å². The minimum atomic E-state index is -1.86. The van der Waals surface area contributed by atoms with E-state index in [1.807, 2.05) is 0 Å². The highest BCUT2D eigenvalue weighted by Gasteiger charge is 2.70. The molecule has 4 atom stereocenters. The smallest absolute Gasteiger partial charge is 0.306 e. The average molecular weight is 312 g/mol. The average Bonchev–Trinajstić information content (AvgIpc) is 3.22. The summed E-state index contributed by atoms with van der Waals surface area (Å²) in [5, 5.41) is 0. The Bertz CT molecular complexity index is 453. The van der Waals surface area contributed by atoms with Crippen LogP contribution in [0.25, 0.3) is 0 Å². The van der Waals surface area contributed by atoms with E-state index in [9.17, 15) is 9.59 Å². The largest absolute Gasteiger partial charge is 0.453 e. The molecule has 1 spiro atoms. The lowest BCUT2D eigenvalue weighted by Crippen LogP contribution is -2.58. The second-order valence-electron chi connectivity index (χ2n) is 6.43. The minimum Gasteiger partial charge on any atom is -0.453 e. The monoisotopic (exact) mass is 312 g/mol. The van der Waals surface area contributed by atoms with Crippen molar-refractivity contribution in [2.45, 2.75) is 82.1 Å². The topological polar surface area (TPSA) is 65.1 Å². The van der Waals surface area contributed by atoms with Gasteiger partial charge in [-0.3, -0.25) is 9.59 Å². The van der Waals surface area contributed by atoms with Crippen LogP contribution in [0.3, 0.4) is 0 Å². The number of ether oxygens (including phenoxy) is 2. The van der Waals surface area contributed by atoms with Gasteiger partial charge in [0.1, 0.15) is 12.2 Å². The molecule has 21 heavy (non-hydrogen) atoms. The number of carbonyl (C=O) groups excluding carboxylic acids is 2. The van der Waals surface area contributed by atoms with Crippen LogP contribution in [0.2, 0.25) is 18.1 Å². The van der Waals surface area contributed by atoms with Gasteiger partial charge in [0.15, 0.2) is 19.7 Å². The van der Waals surface area contributed by atoms with Gasteiger partial charge in [-0.1, -0.05) is 20.8 Å². The Balaban J connectivity index is 1.87. The predicted octanol–water partition coefficient (Wildman–Crippen LogP) is 2.19. The van der Waals surface area contributed by atoms with Crippen molar-refractivity contribution in [3.8, 4) is 0 Å². The molecule has 5 nitrogen and oxygen atoms in total. The summed E-state index contributed by atoms with van der Waals surface area (Å²) in [6.45, 7) is 6.48. The highest BCUT2D eigenvalue weighted by molar-refractivity contribution is 6.73. The Morgan fingerprint density at radius 2 is 1.90 bits per heavy atom. The summed E-state index contributed by atoms with van der Waals surface area (Å²) in [5.41, 5.74) is -0.701. The molecule has 0 aromatic rings. The molecule has 3 fully saturated rings. The molecule has 1 saturated carbocycles. The van der Waals surface area contributed by atoms with E-state index in [1.54, 1.807) is 0 Å². The highest BCUT2D eigenvalue weighted by atomic mass is 28.4. The van der Waals surface area contributed by atoms with Crippen molar-refractivity contribution in [2.24, 2.45) is 0 Å². The summed E-state index contributed by atoms with van der Waals surface area (Å²) in [6.07, 6.45) is 0.394. The van der Waals surface area contributed by atoms with Crippen LogP contribution in [0.4, 0.5) is 0 Å². The molecule has 0 unspecified atom stereocenters. The first-order valence-corrected chi connectivity index (χ1v) is 10.6. The van der Waals surface area contributed by atoms with E-state index < -0.39 is 13.9 Å². The fraction of sp³-hybridized carbons (Fsp3) is 0.867. The number of hydrogen-bond donors (Lipinski definition) is 0. The molecule has 2 aliphatic heterocycles. The van der Waals surface area contributed by atoms with Gasteiger partial charge in [-0.15, -0.1) is 0 Å². The number of ketones is 1. The molecule has 3 aliphatic rings. The fourth-order valence-electron chi connectivity index (χ4n) is 3.87. The summed E-state index contributed by atoms with van der Waals surface area (Å²) < 4.78 is 17.7. The third kappa shape index (κ3) is 2.28. The molecule has 0 N–H and O–H groups in total. The second kappa shape index (κ2) is 5.17. The number of carbonyl (C=O) groups is 2. The first-order valence-electron chi connectivity index (χ1n) is 8.08. The zero-order valence-corrected chi connectivity index (χ0v) is 14.0. The number of hydrogen-bond acceptors (Lipinski definition) is 5. The maximum Gasteiger partial charge on any atom is 0.306 e. The van der Waals surface area contributed by atoms with E-state index in [2.05, 4.69) is 20.8 Å². The molecule has 0 aromatic carbocycles. The van der Waals surface area contributed by atoms with E-state index in [1.165, 1.54) is 0 Å².